The molecule has 0 bridgehead atoms. The van der Waals surface area contributed by atoms with Gasteiger partial charge in [-0.2, -0.15) is 4.72 Å². The molecule has 1 atom stereocenters. The minimum Gasteiger partial charge on any atom is -0.480 e. The lowest BCUT2D eigenvalue weighted by Crippen LogP contribution is -2.42. The first-order chi connectivity index (χ1) is 12.4. The number of hydrogen-bond donors (Lipinski definition) is 2. The van der Waals surface area contributed by atoms with Crippen molar-refractivity contribution in [1.82, 2.24) is 4.72 Å². The number of carbonyl (C=O) groups excluding carboxylic acids is 1. The highest BCUT2D eigenvalue weighted by Crippen LogP contribution is 2.24. The van der Waals surface area contributed by atoms with E-state index in [-0.39, 0.29) is 17.1 Å². The number of fused-ring (bicyclic) bond motifs is 1. The van der Waals surface area contributed by atoms with Crippen LogP contribution in [0.25, 0.3) is 0 Å². The molecule has 0 fully saturated rings. The van der Waals surface area contributed by atoms with Crippen LogP contribution in [0.4, 0.5) is 0 Å². The third kappa shape index (κ3) is 4.00. The predicted octanol–water partition coefficient (Wildman–Crippen LogP) is 2.18. The van der Waals surface area contributed by atoms with Gasteiger partial charge in [0.1, 0.15) is 6.04 Å². The first kappa shape index (κ1) is 18.3. The van der Waals surface area contributed by atoms with E-state index in [2.05, 4.69) is 4.72 Å². The van der Waals surface area contributed by atoms with Crippen LogP contribution in [-0.2, 0) is 27.7 Å². The number of benzene rings is 2. The quantitative estimate of drug-likeness (QED) is 0.808. The van der Waals surface area contributed by atoms with E-state index in [1.807, 2.05) is 0 Å². The second-order valence-electron chi connectivity index (χ2n) is 6.30. The summed E-state index contributed by atoms with van der Waals surface area (Å²) in [6, 6.07) is 11.9. The van der Waals surface area contributed by atoms with E-state index in [1.165, 1.54) is 12.1 Å². The van der Waals surface area contributed by atoms with Gasteiger partial charge in [0.15, 0.2) is 5.78 Å². The Morgan fingerprint density at radius 2 is 1.85 bits per heavy atom. The molecule has 0 heterocycles. The van der Waals surface area contributed by atoms with Crippen LogP contribution in [0.5, 0.6) is 0 Å². The zero-order valence-corrected chi connectivity index (χ0v) is 14.8. The van der Waals surface area contributed by atoms with Crippen molar-refractivity contribution in [2.45, 2.75) is 36.6 Å². The van der Waals surface area contributed by atoms with Gasteiger partial charge in [0.05, 0.1) is 4.90 Å². The molecule has 0 aliphatic heterocycles. The first-order valence-corrected chi connectivity index (χ1v) is 9.80. The molecule has 2 N–H and O–H groups in total. The number of sulfonamides is 1. The maximum absolute atomic E-state index is 12.6. The Hall–Kier alpha value is -2.51. The van der Waals surface area contributed by atoms with E-state index in [4.69, 9.17) is 0 Å². The summed E-state index contributed by atoms with van der Waals surface area (Å²) in [6.07, 6.45) is 1.92. The van der Waals surface area contributed by atoms with Crippen molar-refractivity contribution in [2.24, 2.45) is 0 Å². The molecule has 0 radical (unpaired) electrons. The molecule has 2 aromatic carbocycles. The van der Waals surface area contributed by atoms with Gasteiger partial charge in [-0.15, -0.1) is 0 Å². The topological polar surface area (TPSA) is 101 Å². The summed E-state index contributed by atoms with van der Waals surface area (Å²) in [5, 5.41) is 9.40. The van der Waals surface area contributed by atoms with Crippen LogP contribution in [0.3, 0.4) is 0 Å². The molecule has 2 aromatic rings. The molecule has 136 valence electrons. The Morgan fingerprint density at radius 3 is 2.54 bits per heavy atom. The average Bonchev–Trinajstić information content (AvgIpc) is 2.62. The maximum atomic E-state index is 12.6. The summed E-state index contributed by atoms with van der Waals surface area (Å²) in [5.41, 5.74) is 1.96. The van der Waals surface area contributed by atoms with E-state index >= 15 is 0 Å². The van der Waals surface area contributed by atoms with Gasteiger partial charge in [0.2, 0.25) is 10.0 Å². The lowest BCUT2D eigenvalue weighted by atomic mass is 9.91. The molecule has 26 heavy (non-hydrogen) atoms. The van der Waals surface area contributed by atoms with E-state index in [0.717, 1.165) is 18.4 Å². The highest BCUT2D eigenvalue weighted by molar-refractivity contribution is 7.89. The van der Waals surface area contributed by atoms with Crippen molar-refractivity contribution in [3.8, 4) is 0 Å². The number of hydrogen-bond acceptors (Lipinski definition) is 4. The Labute approximate surface area is 151 Å². The van der Waals surface area contributed by atoms with E-state index < -0.39 is 22.0 Å². The third-order valence-electron chi connectivity index (χ3n) is 4.42. The molecule has 7 heteroatoms. The minimum absolute atomic E-state index is 0.0271. The number of nitrogens with one attached hydrogen (secondary N) is 1. The van der Waals surface area contributed by atoms with Gasteiger partial charge in [-0.05, 0) is 42.5 Å². The number of carbonyl (C=O) groups is 2. The van der Waals surface area contributed by atoms with Gasteiger partial charge < -0.3 is 5.11 Å². The zero-order valence-electron chi connectivity index (χ0n) is 14.0. The van der Waals surface area contributed by atoms with Gasteiger partial charge in [0.25, 0.3) is 0 Å². The number of Topliss-reactive ketones (excluding diaryl/α,β-unsaturated/α-hetero) is 1. The van der Waals surface area contributed by atoms with Gasteiger partial charge >= 0.3 is 5.97 Å². The highest BCUT2D eigenvalue weighted by atomic mass is 32.2. The number of carboxylic acid groups (broad SMARTS) is 1. The van der Waals surface area contributed by atoms with Crippen LogP contribution in [-0.4, -0.2) is 31.3 Å². The smallest absolute Gasteiger partial charge is 0.322 e. The second kappa shape index (κ2) is 7.39. The number of aliphatic carboxylic acids is 1. The fourth-order valence-electron chi connectivity index (χ4n) is 3.06. The minimum atomic E-state index is -4.06. The van der Waals surface area contributed by atoms with Crippen molar-refractivity contribution in [3.05, 3.63) is 65.2 Å². The first-order valence-electron chi connectivity index (χ1n) is 8.32. The molecule has 0 spiro atoms. The number of rotatable bonds is 6. The number of carboxylic acids is 1. The highest BCUT2D eigenvalue weighted by Gasteiger charge is 2.27. The summed E-state index contributed by atoms with van der Waals surface area (Å²) in [4.78, 5) is 23.5. The molecular formula is C19H19NO5S. The fraction of sp³-hybridized carbons (Fsp3) is 0.263. The molecule has 0 saturated carbocycles. The SMILES string of the molecule is O=C1CCCc2ccc(S(=O)(=O)N[C@H](Cc3ccccc3)C(=O)O)cc21. The van der Waals surface area contributed by atoms with Gasteiger partial charge in [-0.3, -0.25) is 9.59 Å². The normalized spacial score (nSPS) is 15.3. The molecule has 3 rings (SSSR count). The summed E-state index contributed by atoms with van der Waals surface area (Å²) in [6.45, 7) is 0. The lowest BCUT2D eigenvalue weighted by Gasteiger charge is -2.18. The molecular weight excluding hydrogens is 354 g/mol. The zero-order chi connectivity index (χ0) is 18.7. The second-order valence-corrected chi connectivity index (χ2v) is 8.01. The summed E-state index contributed by atoms with van der Waals surface area (Å²) in [7, 11) is -4.06. The van der Waals surface area contributed by atoms with Crippen LogP contribution < -0.4 is 4.72 Å². The van der Waals surface area contributed by atoms with Crippen LogP contribution in [0, 0.1) is 0 Å². The maximum Gasteiger partial charge on any atom is 0.322 e. The number of ketones is 1. The molecule has 1 aliphatic rings. The van der Waals surface area contributed by atoms with Crippen LogP contribution in [0.2, 0.25) is 0 Å². The standard InChI is InChI=1S/C19H19NO5S/c21-18-8-4-7-14-9-10-15(12-16(14)18)26(24,25)20-17(19(22)23)11-13-5-2-1-3-6-13/h1-3,5-6,9-10,12,17,20H,4,7-8,11H2,(H,22,23)/t17-/m1/s1. The van der Waals surface area contributed by atoms with Crippen LogP contribution in [0.15, 0.2) is 53.4 Å². The van der Waals surface area contributed by atoms with Crippen molar-refractivity contribution < 1.29 is 23.1 Å². The molecule has 1 aliphatic carbocycles. The Balaban J connectivity index is 1.86. The van der Waals surface area contributed by atoms with Crippen LogP contribution >= 0.6 is 0 Å². The third-order valence-corrected chi connectivity index (χ3v) is 5.89. The lowest BCUT2D eigenvalue weighted by molar-refractivity contribution is -0.138. The van der Waals surface area contributed by atoms with Gasteiger partial charge in [-0.25, -0.2) is 8.42 Å². The van der Waals surface area contributed by atoms with Crippen molar-refractivity contribution in [2.75, 3.05) is 0 Å². The van der Waals surface area contributed by atoms with Crippen molar-refractivity contribution in [3.63, 3.8) is 0 Å². The molecule has 0 saturated heterocycles. The van der Waals surface area contributed by atoms with Crippen LogP contribution in [0.1, 0.15) is 34.3 Å². The van der Waals surface area contributed by atoms with E-state index in [1.54, 1.807) is 36.4 Å². The van der Waals surface area contributed by atoms with Crippen molar-refractivity contribution >= 4 is 21.8 Å². The van der Waals surface area contributed by atoms with Gasteiger partial charge in [0, 0.05) is 12.0 Å². The van der Waals surface area contributed by atoms with Gasteiger partial charge in [-0.1, -0.05) is 36.4 Å². The Morgan fingerprint density at radius 1 is 1.12 bits per heavy atom. The largest absolute Gasteiger partial charge is 0.480 e. The van der Waals surface area contributed by atoms with Crippen molar-refractivity contribution in [1.29, 1.82) is 0 Å². The summed E-state index contributed by atoms with van der Waals surface area (Å²) < 4.78 is 27.5. The predicted molar refractivity (Wildman–Crippen MR) is 95.6 cm³/mol. The Kier molecular flexibility index (Phi) is 5.20. The fourth-order valence-corrected chi connectivity index (χ4v) is 4.27. The Bertz CT molecular complexity index is 938. The van der Waals surface area contributed by atoms with E-state index in [9.17, 15) is 23.1 Å². The average molecular weight is 373 g/mol. The number of aryl methyl sites for hydroxylation is 1. The molecule has 0 unspecified atom stereocenters. The van der Waals surface area contributed by atoms with E-state index in [0.29, 0.717) is 17.5 Å². The monoisotopic (exact) mass is 373 g/mol. The molecule has 6 nitrogen and oxygen atoms in total. The summed E-state index contributed by atoms with van der Waals surface area (Å²) >= 11 is 0. The molecule has 0 amide bonds. The summed E-state index contributed by atoms with van der Waals surface area (Å²) in [5.74, 6) is -1.34. The molecule has 0 aromatic heterocycles.